The van der Waals surface area contributed by atoms with Crippen molar-refractivity contribution in [2.24, 2.45) is 0 Å². The average molecular weight is 265 g/mol. The standard InChI is InChI=1S/C16H24FNO/c1-6-12(2)11-19-15-8-13(7-14(17)9-15)10-18-16(3,4)5/h7-9,18H,2,6,10-11H2,1,3-5H3. The van der Waals surface area contributed by atoms with Crippen LogP contribution in [0.25, 0.3) is 0 Å². The molecule has 1 N–H and O–H groups in total. The van der Waals surface area contributed by atoms with Crippen LogP contribution >= 0.6 is 0 Å². The molecule has 0 radical (unpaired) electrons. The van der Waals surface area contributed by atoms with Crippen molar-refractivity contribution in [1.82, 2.24) is 5.32 Å². The molecule has 0 bridgehead atoms. The van der Waals surface area contributed by atoms with E-state index in [1.54, 1.807) is 0 Å². The smallest absolute Gasteiger partial charge is 0.127 e. The molecule has 0 aliphatic rings. The van der Waals surface area contributed by atoms with Gasteiger partial charge >= 0.3 is 0 Å². The number of nitrogens with one attached hydrogen (secondary N) is 1. The molecule has 1 aromatic carbocycles. The van der Waals surface area contributed by atoms with Crippen LogP contribution in [0.1, 0.15) is 39.7 Å². The molecular formula is C16H24FNO. The van der Waals surface area contributed by atoms with Crippen molar-refractivity contribution in [1.29, 1.82) is 0 Å². The number of hydrogen-bond acceptors (Lipinski definition) is 2. The van der Waals surface area contributed by atoms with E-state index in [0.717, 1.165) is 17.6 Å². The normalized spacial score (nSPS) is 11.4. The fraction of sp³-hybridized carbons (Fsp3) is 0.500. The number of halogens is 1. The first-order chi connectivity index (χ1) is 8.80. The lowest BCUT2D eigenvalue weighted by Crippen LogP contribution is -2.35. The molecule has 0 aromatic heterocycles. The third kappa shape index (κ3) is 6.39. The van der Waals surface area contributed by atoms with Gasteiger partial charge in [0.15, 0.2) is 0 Å². The summed E-state index contributed by atoms with van der Waals surface area (Å²) in [5.74, 6) is 0.283. The lowest BCUT2D eigenvalue weighted by molar-refractivity contribution is 0.346. The minimum Gasteiger partial charge on any atom is -0.489 e. The van der Waals surface area contributed by atoms with Crippen molar-refractivity contribution in [3.8, 4) is 5.75 Å². The van der Waals surface area contributed by atoms with Crippen LogP contribution in [0.4, 0.5) is 4.39 Å². The number of ether oxygens (including phenoxy) is 1. The lowest BCUT2D eigenvalue weighted by Gasteiger charge is -2.20. The molecule has 0 fully saturated rings. The number of rotatable bonds is 6. The van der Waals surface area contributed by atoms with Crippen LogP contribution in [0.2, 0.25) is 0 Å². The van der Waals surface area contributed by atoms with E-state index in [4.69, 9.17) is 4.74 Å². The molecule has 0 spiro atoms. The Morgan fingerprint density at radius 1 is 1.32 bits per heavy atom. The zero-order valence-corrected chi connectivity index (χ0v) is 12.3. The molecule has 106 valence electrons. The summed E-state index contributed by atoms with van der Waals surface area (Å²) < 4.78 is 19.1. The van der Waals surface area contributed by atoms with E-state index >= 15 is 0 Å². The van der Waals surface area contributed by atoms with Crippen LogP contribution in [0.3, 0.4) is 0 Å². The first-order valence-electron chi connectivity index (χ1n) is 6.64. The van der Waals surface area contributed by atoms with Crippen LogP contribution in [0.15, 0.2) is 30.4 Å². The summed E-state index contributed by atoms with van der Waals surface area (Å²) in [6.45, 7) is 13.2. The second kappa shape index (κ2) is 6.71. The quantitative estimate of drug-likeness (QED) is 0.783. The average Bonchev–Trinajstić information content (AvgIpc) is 2.32. The maximum absolute atomic E-state index is 13.5. The summed E-state index contributed by atoms with van der Waals surface area (Å²) in [5.41, 5.74) is 1.88. The fourth-order valence-corrected chi connectivity index (χ4v) is 1.46. The molecule has 0 unspecified atom stereocenters. The Balaban J connectivity index is 2.68. The van der Waals surface area contributed by atoms with Gasteiger partial charge < -0.3 is 10.1 Å². The Morgan fingerprint density at radius 2 is 2.00 bits per heavy atom. The largest absolute Gasteiger partial charge is 0.489 e. The molecule has 3 heteroatoms. The maximum Gasteiger partial charge on any atom is 0.127 e. The van der Waals surface area contributed by atoms with Crippen LogP contribution in [-0.2, 0) is 6.54 Å². The Bertz CT molecular complexity index is 435. The lowest BCUT2D eigenvalue weighted by atomic mass is 10.1. The highest BCUT2D eigenvalue weighted by Gasteiger charge is 2.09. The molecular weight excluding hydrogens is 241 g/mol. The van der Waals surface area contributed by atoms with Crippen molar-refractivity contribution in [2.75, 3.05) is 6.61 Å². The van der Waals surface area contributed by atoms with E-state index in [1.165, 1.54) is 12.1 Å². The molecule has 1 rings (SSSR count). The van der Waals surface area contributed by atoms with Crippen molar-refractivity contribution in [3.63, 3.8) is 0 Å². The predicted molar refractivity (Wildman–Crippen MR) is 77.9 cm³/mol. The van der Waals surface area contributed by atoms with Gasteiger partial charge in [0, 0.05) is 18.2 Å². The summed E-state index contributed by atoms with van der Waals surface area (Å²) in [7, 11) is 0. The SMILES string of the molecule is C=C(CC)COc1cc(F)cc(CNC(C)(C)C)c1. The molecule has 1 aromatic rings. The Kier molecular flexibility index (Phi) is 5.55. The minimum atomic E-state index is -0.273. The summed E-state index contributed by atoms with van der Waals surface area (Å²) in [5, 5.41) is 3.33. The molecule has 19 heavy (non-hydrogen) atoms. The van der Waals surface area contributed by atoms with E-state index in [1.807, 2.05) is 13.0 Å². The van der Waals surface area contributed by atoms with Crippen molar-refractivity contribution < 1.29 is 9.13 Å². The maximum atomic E-state index is 13.5. The molecule has 0 aliphatic heterocycles. The summed E-state index contributed by atoms with van der Waals surface area (Å²) in [4.78, 5) is 0. The zero-order valence-electron chi connectivity index (χ0n) is 12.3. The van der Waals surface area contributed by atoms with Crippen LogP contribution in [0, 0.1) is 5.82 Å². The minimum absolute atomic E-state index is 0.00380. The molecule has 0 saturated heterocycles. The zero-order chi connectivity index (χ0) is 14.5. The highest BCUT2D eigenvalue weighted by Crippen LogP contribution is 2.18. The van der Waals surface area contributed by atoms with Crippen LogP contribution in [0.5, 0.6) is 5.75 Å². The van der Waals surface area contributed by atoms with Gasteiger partial charge in [-0.15, -0.1) is 0 Å². The third-order valence-electron chi connectivity index (χ3n) is 2.70. The van der Waals surface area contributed by atoms with E-state index in [2.05, 4.69) is 32.7 Å². The van der Waals surface area contributed by atoms with E-state index in [9.17, 15) is 4.39 Å². The summed E-state index contributed by atoms with van der Waals surface area (Å²) in [6.07, 6.45) is 0.869. The molecule has 2 nitrogen and oxygen atoms in total. The second-order valence-corrected chi connectivity index (χ2v) is 5.79. The molecule has 0 heterocycles. The Labute approximate surface area is 115 Å². The van der Waals surface area contributed by atoms with E-state index in [0.29, 0.717) is 18.9 Å². The van der Waals surface area contributed by atoms with Gasteiger partial charge in [-0.05, 0) is 50.5 Å². The van der Waals surface area contributed by atoms with Gasteiger partial charge in [-0.25, -0.2) is 4.39 Å². The molecule has 0 saturated carbocycles. The third-order valence-corrected chi connectivity index (χ3v) is 2.70. The first kappa shape index (κ1) is 15.7. The molecule has 0 amide bonds. The van der Waals surface area contributed by atoms with Gasteiger partial charge in [0.05, 0.1) is 0 Å². The van der Waals surface area contributed by atoms with Gasteiger partial charge in [-0.1, -0.05) is 13.5 Å². The number of benzene rings is 1. The van der Waals surface area contributed by atoms with Gasteiger partial charge in [-0.3, -0.25) is 0 Å². The topological polar surface area (TPSA) is 21.3 Å². The fourth-order valence-electron chi connectivity index (χ4n) is 1.46. The molecule has 0 aliphatic carbocycles. The highest BCUT2D eigenvalue weighted by atomic mass is 19.1. The highest BCUT2D eigenvalue weighted by molar-refractivity contribution is 5.30. The first-order valence-corrected chi connectivity index (χ1v) is 6.64. The summed E-state index contributed by atoms with van der Waals surface area (Å²) in [6, 6.07) is 4.80. The second-order valence-electron chi connectivity index (χ2n) is 5.79. The Hall–Kier alpha value is -1.35. The Morgan fingerprint density at radius 3 is 2.58 bits per heavy atom. The van der Waals surface area contributed by atoms with E-state index < -0.39 is 0 Å². The van der Waals surface area contributed by atoms with Crippen molar-refractivity contribution >= 4 is 0 Å². The monoisotopic (exact) mass is 265 g/mol. The van der Waals surface area contributed by atoms with Crippen LogP contribution in [-0.4, -0.2) is 12.1 Å². The van der Waals surface area contributed by atoms with Gasteiger partial charge in [0.25, 0.3) is 0 Å². The van der Waals surface area contributed by atoms with Crippen LogP contribution < -0.4 is 10.1 Å². The number of hydrogen-bond donors (Lipinski definition) is 1. The van der Waals surface area contributed by atoms with E-state index in [-0.39, 0.29) is 11.4 Å². The predicted octanol–water partition coefficient (Wildman–Crippen LogP) is 4.06. The van der Waals surface area contributed by atoms with Gasteiger partial charge in [0.1, 0.15) is 18.2 Å². The van der Waals surface area contributed by atoms with Crippen molar-refractivity contribution in [2.45, 2.75) is 46.2 Å². The van der Waals surface area contributed by atoms with Gasteiger partial charge in [-0.2, -0.15) is 0 Å². The van der Waals surface area contributed by atoms with Gasteiger partial charge in [0.2, 0.25) is 0 Å². The summed E-state index contributed by atoms with van der Waals surface area (Å²) >= 11 is 0. The van der Waals surface area contributed by atoms with Crippen molar-refractivity contribution in [3.05, 3.63) is 41.7 Å². The molecule has 0 atom stereocenters.